The van der Waals surface area contributed by atoms with Crippen LogP contribution in [-0.2, 0) is 18.9 Å². The van der Waals surface area contributed by atoms with E-state index in [4.69, 9.17) is 29.2 Å². The molecule has 4 N–H and O–H groups in total. The monoisotopic (exact) mass is 532 g/mol. The zero-order valence-electron chi connectivity index (χ0n) is 22.0. The van der Waals surface area contributed by atoms with E-state index in [1.807, 2.05) is 24.3 Å². The van der Waals surface area contributed by atoms with Crippen molar-refractivity contribution in [2.75, 3.05) is 89.8 Å². The Labute approximate surface area is 224 Å². The average Bonchev–Trinajstić information content (AvgIpc) is 2.94. The number of Topliss-reactive ketones (excluding diaryl/α,β-unsaturated/α-hetero) is 2. The van der Waals surface area contributed by atoms with Gasteiger partial charge >= 0.3 is 0 Å². The number of hydrogen-bond acceptors (Lipinski definition) is 10. The third kappa shape index (κ3) is 8.72. The van der Waals surface area contributed by atoms with E-state index in [0.29, 0.717) is 99.6 Å². The maximum Gasteiger partial charge on any atom is 0.196 e. The second-order valence-corrected chi connectivity index (χ2v) is 8.84. The number of aliphatic hydroxyl groups excluding tert-OH is 2. The number of aliphatic hydroxyl groups is 2. The van der Waals surface area contributed by atoms with Crippen LogP contribution in [0.3, 0.4) is 0 Å². The Balaban J connectivity index is 1.59. The molecule has 1 aromatic carbocycles. The molecule has 3 rings (SSSR count). The summed E-state index contributed by atoms with van der Waals surface area (Å²) in [6, 6.07) is 3.70. The Morgan fingerprint density at radius 3 is 1.39 bits per heavy atom. The molecule has 10 heteroatoms. The summed E-state index contributed by atoms with van der Waals surface area (Å²) in [7, 11) is 0. The third-order valence-corrected chi connectivity index (χ3v) is 6.08. The minimum atomic E-state index is -0.125. The fraction of sp³-hybridized carbons (Fsp3) is 0.571. The van der Waals surface area contributed by atoms with Gasteiger partial charge in [0.05, 0.1) is 64.0 Å². The number of fused-ring (bicyclic) bond motifs is 2. The zero-order valence-corrected chi connectivity index (χ0v) is 22.0. The van der Waals surface area contributed by atoms with E-state index in [1.165, 1.54) is 0 Å². The number of ether oxygens (including phenoxy) is 4. The molecular formula is C28H40N2O8. The van der Waals surface area contributed by atoms with Crippen LogP contribution in [0.4, 0.5) is 11.4 Å². The molecule has 0 bridgehead atoms. The number of hydrogen-bond donors (Lipinski definition) is 4. The number of benzene rings is 1. The maximum absolute atomic E-state index is 13.5. The molecule has 2 aliphatic rings. The SMILES string of the molecule is O=C1C2=CCCC=C2C(=O)c2c(NCCCOCCOCCO)ccc(NCCCOCCOCCO)c21. The van der Waals surface area contributed by atoms with E-state index in [0.717, 1.165) is 25.7 Å². The Bertz CT molecular complexity index is 899. The van der Waals surface area contributed by atoms with Crippen LogP contribution < -0.4 is 10.6 Å². The molecule has 0 heterocycles. The number of anilines is 2. The Morgan fingerprint density at radius 1 is 0.605 bits per heavy atom. The molecule has 0 amide bonds. The van der Waals surface area contributed by atoms with Crippen LogP contribution in [0, 0.1) is 0 Å². The normalized spacial score (nSPS) is 14.6. The van der Waals surface area contributed by atoms with Gasteiger partial charge in [0.15, 0.2) is 11.6 Å². The molecule has 0 saturated heterocycles. The highest BCUT2D eigenvalue weighted by molar-refractivity contribution is 6.34. The first-order chi connectivity index (χ1) is 18.7. The predicted molar refractivity (Wildman–Crippen MR) is 144 cm³/mol. The van der Waals surface area contributed by atoms with Gasteiger partial charge in [0.2, 0.25) is 0 Å². The van der Waals surface area contributed by atoms with Crippen LogP contribution in [0.25, 0.3) is 0 Å². The fourth-order valence-corrected chi connectivity index (χ4v) is 4.31. The Hall–Kier alpha value is -2.60. The highest BCUT2D eigenvalue weighted by Gasteiger charge is 2.36. The standard InChI is InChI=1S/C28H40N2O8/c31-11-15-37-19-17-35-13-3-9-29-23-7-8-24(30-10-4-14-36-18-20-38-16-12-32)26-25(23)27(33)21-5-1-2-6-22(21)28(26)34/h5-8,29-32H,1-4,9-20H2. The minimum absolute atomic E-state index is 0.00501. The lowest BCUT2D eigenvalue weighted by Gasteiger charge is -2.26. The lowest BCUT2D eigenvalue weighted by molar-refractivity contribution is 0.0331. The number of nitrogens with one attached hydrogen (secondary N) is 2. The van der Waals surface area contributed by atoms with Crippen LogP contribution in [0.1, 0.15) is 46.4 Å². The lowest BCUT2D eigenvalue weighted by Crippen LogP contribution is -2.27. The first-order valence-corrected chi connectivity index (χ1v) is 13.4. The van der Waals surface area contributed by atoms with Crippen molar-refractivity contribution in [3.8, 4) is 0 Å². The van der Waals surface area contributed by atoms with Crippen molar-refractivity contribution >= 4 is 22.9 Å². The van der Waals surface area contributed by atoms with Gasteiger partial charge in [-0.15, -0.1) is 0 Å². The third-order valence-electron chi connectivity index (χ3n) is 6.08. The molecular weight excluding hydrogens is 492 g/mol. The highest BCUT2D eigenvalue weighted by Crippen LogP contribution is 2.39. The number of ketones is 2. The summed E-state index contributed by atoms with van der Waals surface area (Å²) in [5.41, 5.74) is 3.12. The molecule has 0 unspecified atom stereocenters. The quantitative estimate of drug-likeness (QED) is 0.185. The van der Waals surface area contributed by atoms with Crippen molar-refractivity contribution < 1.29 is 38.7 Å². The maximum atomic E-state index is 13.5. The summed E-state index contributed by atoms with van der Waals surface area (Å²) in [5, 5.41) is 24.1. The van der Waals surface area contributed by atoms with Gasteiger partial charge in [0.1, 0.15) is 0 Å². The predicted octanol–water partition coefficient (Wildman–Crippen LogP) is 2.37. The largest absolute Gasteiger partial charge is 0.394 e. The summed E-state index contributed by atoms with van der Waals surface area (Å²) in [6.45, 7) is 4.58. The molecule has 0 saturated carbocycles. The van der Waals surface area contributed by atoms with E-state index in [9.17, 15) is 9.59 Å². The molecule has 0 aromatic heterocycles. The highest BCUT2D eigenvalue weighted by atomic mass is 16.5. The van der Waals surface area contributed by atoms with Crippen LogP contribution in [0.15, 0.2) is 35.4 Å². The first-order valence-electron chi connectivity index (χ1n) is 13.4. The smallest absolute Gasteiger partial charge is 0.196 e. The number of carbonyl (C=O) groups excluding carboxylic acids is 2. The van der Waals surface area contributed by atoms with Crippen molar-refractivity contribution in [2.45, 2.75) is 25.7 Å². The molecule has 2 aliphatic carbocycles. The molecule has 0 atom stereocenters. The summed E-state index contributed by atoms with van der Waals surface area (Å²) < 4.78 is 21.4. The molecule has 38 heavy (non-hydrogen) atoms. The van der Waals surface area contributed by atoms with E-state index < -0.39 is 0 Å². The molecule has 1 aromatic rings. The number of rotatable bonds is 20. The molecule has 0 aliphatic heterocycles. The van der Waals surface area contributed by atoms with Crippen molar-refractivity contribution in [1.29, 1.82) is 0 Å². The van der Waals surface area contributed by atoms with Gasteiger partial charge in [0, 0.05) is 48.8 Å². The zero-order chi connectivity index (χ0) is 27.0. The number of allylic oxidation sites excluding steroid dienone is 4. The van der Waals surface area contributed by atoms with Crippen molar-refractivity contribution in [1.82, 2.24) is 0 Å². The van der Waals surface area contributed by atoms with Crippen molar-refractivity contribution in [3.63, 3.8) is 0 Å². The Morgan fingerprint density at radius 2 is 1.00 bits per heavy atom. The van der Waals surface area contributed by atoms with Crippen molar-refractivity contribution in [2.24, 2.45) is 0 Å². The second-order valence-electron chi connectivity index (χ2n) is 8.84. The van der Waals surface area contributed by atoms with E-state index in [1.54, 1.807) is 0 Å². The van der Waals surface area contributed by atoms with Crippen LogP contribution in [-0.4, -0.2) is 101 Å². The van der Waals surface area contributed by atoms with Gasteiger partial charge in [-0.2, -0.15) is 0 Å². The van der Waals surface area contributed by atoms with Gasteiger partial charge in [-0.3, -0.25) is 9.59 Å². The van der Waals surface area contributed by atoms with Crippen molar-refractivity contribution in [3.05, 3.63) is 46.6 Å². The van der Waals surface area contributed by atoms with Gasteiger partial charge in [-0.05, 0) is 37.8 Å². The summed E-state index contributed by atoms with van der Waals surface area (Å²) >= 11 is 0. The summed E-state index contributed by atoms with van der Waals surface area (Å²) in [6.07, 6.45) is 6.68. The van der Waals surface area contributed by atoms with Gasteiger partial charge < -0.3 is 39.8 Å². The minimum Gasteiger partial charge on any atom is -0.394 e. The van der Waals surface area contributed by atoms with Gasteiger partial charge in [0.25, 0.3) is 0 Å². The average molecular weight is 533 g/mol. The lowest BCUT2D eigenvalue weighted by atomic mass is 9.78. The molecule has 10 nitrogen and oxygen atoms in total. The molecule has 0 radical (unpaired) electrons. The van der Waals surface area contributed by atoms with E-state index in [2.05, 4.69) is 10.6 Å². The summed E-state index contributed by atoms with van der Waals surface area (Å²) in [5.74, 6) is -0.250. The first kappa shape index (κ1) is 29.9. The number of carbonyl (C=O) groups is 2. The van der Waals surface area contributed by atoms with Crippen LogP contribution in [0.2, 0.25) is 0 Å². The molecule has 0 spiro atoms. The van der Waals surface area contributed by atoms with Crippen LogP contribution >= 0.6 is 0 Å². The Kier molecular flexibility index (Phi) is 13.5. The van der Waals surface area contributed by atoms with E-state index in [-0.39, 0.29) is 24.8 Å². The van der Waals surface area contributed by atoms with Gasteiger partial charge in [-0.25, -0.2) is 0 Å². The molecule has 0 fully saturated rings. The van der Waals surface area contributed by atoms with Gasteiger partial charge in [-0.1, -0.05) is 12.2 Å². The van der Waals surface area contributed by atoms with Crippen LogP contribution in [0.5, 0.6) is 0 Å². The second kappa shape index (κ2) is 17.1. The molecule has 210 valence electrons. The summed E-state index contributed by atoms with van der Waals surface area (Å²) in [4.78, 5) is 27.0. The van der Waals surface area contributed by atoms with E-state index >= 15 is 0 Å². The topological polar surface area (TPSA) is 136 Å². The fourth-order valence-electron chi connectivity index (χ4n) is 4.31.